The first-order valence-corrected chi connectivity index (χ1v) is 8.22. The first kappa shape index (κ1) is 20.3. The number of aliphatic hydroxyl groups is 1. The molecule has 2 aromatic rings. The number of nitrogens with zero attached hydrogens (tertiary/aromatic N) is 2. The zero-order chi connectivity index (χ0) is 19.8. The molecule has 0 heterocycles. The van der Waals surface area contributed by atoms with Crippen LogP contribution < -0.4 is 23.7 Å². The van der Waals surface area contributed by atoms with Gasteiger partial charge in [0.15, 0.2) is 17.2 Å². The van der Waals surface area contributed by atoms with E-state index in [0.717, 1.165) is 5.56 Å². The summed E-state index contributed by atoms with van der Waals surface area (Å²) < 4.78 is 26.9. The van der Waals surface area contributed by atoms with Crippen LogP contribution in [0.2, 0.25) is 0 Å². The minimum atomic E-state index is -0.111. The third-order valence-electron chi connectivity index (χ3n) is 3.82. The van der Waals surface area contributed by atoms with Gasteiger partial charge in [0.05, 0.1) is 40.7 Å². The van der Waals surface area contributed by atoms with E-state index < -0.39 is 0 Å². The van der Waals surface area contributed by atoms with Crippen molar-refractivity contribution in [3.8, 4) is 28.7 Å². The van der Waals surface area contributed by atoms with Gasteiger partial charge in [-0.05, 0) is 19.1 Å². The van der Waals surface area contributed by atoms with Crippen molar-refractivity contribution in [2.45, 2.75) is 6.92 Å². The molecule has 0 aliphatic heterocycles. The summed E-state index contributed by atoms with van der Waals surface area (Å²) in [4.78, 5) is 0. The minimum absolute atomic E-state index is 0.111. The summed E-state index contributed by atoms with van der Waals surface area (Å²) in [6.45, 7) is 1.88. The minimum Gasteiger partial charge on any atom is -0.496 e. The van der Waals surface area contributed by atoms with Crippen molar-refractivity contribution in [1.82, 2.24) is 0 Å². The quantitative estimate of drug-likeness (QED) is 0.669. The summed E-state index contributed by atoms with van der Waals surface area (Å²) in [7, 11) is 6.18. The van der Waals surface area contributed by atoms with Crippen molar-refractivity contribution < 1.29 is 28.8 Å². The van der Waals surface area contributed by atoms with Crippen molar-refractivity contribution in [2.75, 3.05) is 41.7 Å². The highest BCUT2D eigenvalue weighted by Crippen LogP contribution is 2.42. The molecule has 0 fully saturated rings. The maximum absolute atomic E-state index is 9.06. The van der Waals surface area contributed by atoms with E-state index in [1.165, 1.54) is 21.3 Å². The van der Waals surface area contributed by atoms with Crippen LogP contribution in [0, 0.1) is 6.92 Å². The van der Waals surface area contributed by atoms with Gasteiger partial charge in [-0.3, -0.25) is 0 Å². The Morgan fingerprint density at radius 2 is 1.44 bits per heavy atom. The van der Waals surface area contributed by atoms with E-state index >= 15 is 0 Å². The molecule has 0 amide bonds. The predicted molar refractivity (Wildman–Crippen MR) is 101 cm³/mol. The van der Waals surface area contributed by atoms with Crippen LogP contribution in [0.3, 0.4) is 0 Å². The van der Waals surface area contributed by atoms with E-state index in [2.05, 4.69) is 10.2 Å². The largest absolute Gasteiger partial charge is 0.496 e. The van der Waals surface area contributed by atoms with E-state index in [1.54, 1.807) is 31.4 Å². The maximum Gasteiger partial charge on any atom is 0.203 e. The van der Waals surface area contributed by atoms with Crippen molar-refractivity contribution in [3.63, 3.8) is 0 Å². The number of hydrogen-bond donors (Lipinski definition) is 1. The highest BCUT2D eigenvalue weighted by Gasteiger charge is 2.14. The monoisotopic (exact) mass is 376 g/mol. The van der Waals surface area contributed by atoms with Crippen LogP contribution in [0.25, 0.3) is 0 Å². The molecule has 0 unspecified atom stereocenters. The third kappa shape index (κ3) is 4.59. The Bertz CT molecular complexity index is 782. The van der Waals surface area contributed by atoms with E-state index in [1.807, 2.05) is 6.92 Å². The van der Waals surface area contributed by atoms with Crippen LogP contribution in [-0.2, 0) is 0 Å². The molecule has 8 heteroatoms. The fourth-order valence-corrected chi connectivity index (χ4v) is 2.53. The van der Waals surface area contributed by atoms with E-state index in [-0.39, 0.29) is 13.2 Å². The van der Waals surface area contributed by atoms with Gasteiger partial charge in [0.25, 0.3) is 0 Å². The lowest BCUT2D eigenvalue weighted by molar-refractivity contribution is 0.200. The van der Waals surface area contributed by atoms with Crippen molar-refractivity contribution >= 4 is 11.4 Å². The normalized spacial score (nSPS) is 10.7. The number of azo groups is 1. The first-order valence-electron chi connectivity index (χ1n) is 8.22. The summed E-state index contributed by atoms with van der Waals surface area (Å²) in [6.07, 6.45) is 0. The summed E-state index contributed by atoms with van der Waals surface area (Å²) in [6, 6.07) is 6.90. The number of rotatable bonds is 9. The van der Waals surface area contributed by atoms with Gasteiger partial charge in [0.1, 0.15) is 18.0 Å². The average molecular weight is 376 g/mol. The van der Waals surface area contributed by atoms with Gasteiger partial charge in [-0.1, -0.05) is 0 Å². The molecule has 0 spiro atoms. The molecule has 1 N–H and O–H groups in total. The second-order valence-corrected chi connectivity index (χ2v) is 5.40. The van der Waals surface area contributed by atoms with Gasteiger partial charge < -0.3 is 28.8 Å². The summed E-state index contributed by atoms with van der Waals surface area (Å²) in [5, 5.41) is 17.6. The first-order chi connectivity index (χ1) is 13.1. The highest BCUT2D eigenvalue weighted by molar-refractivity contribution is 5.62. The molecular weight excluding hydrogens is 352 g/mol. The Kier molecular flexibility index (Phi) is 7.25. The van der Waals surface area contributed by atoms with Gasteiger partial charge in [0.2, 0.25) is 5.75 Å². The predicted octanol–water partition coefficient (Wildman–Crippen LogP) is 3.82. The molecule has 27 heavy (non-hydrogen) atoms. The third-order valence-corrected chi connectivity index (χ3v) is 3.82. The second-order valence-electron chi connectivity index (χ2n) is 5.40. The van der Waals surface area contributed by atoms with Crippen LogP contribution in [0.15, 0.2) is 34.5 Å². The molecule has 0 aliphatic rings. The molecule has 0 saturated heterocycles. The molecule has 0 bridgehead atoms. The molecule has 0 radical (unpaired) electrons. The lowest BCUT2D eigenvalue weighted by atomic mass is 10.1. The van der Waals surface area contributed by atoms with E-state index in [0.29, 0.717) is 40.1 Å². The average Bonchev–Trinajstić information content (AvgIpc) is 2.70. The smallest absolute Gasteiger partial charge is 0.203 e. The zero-order valence-electron chi connectivity index (χ0n) is 16.1. The maximum atomic E-state index is 9.06. The zero-order valence-corrected chi connectivity index (χ0v) is 16.1. The van der Waals surface area contributed by atoms with Gasteiger partial charge in [-0.15, -0.1) is 5.11 Å². The van der Waals surface area contributed by atoms with Crippen LogP contribution >= 0.6 is 0 Å². The van der Waals surface area contributed by atoms with Gasteiger partial charge in [-0.25, -0.2) is 0 Å². The van der Waals surface area contributed by atoms with Crippen LogP contribution in [0.5, 0.6) is 28.7 Å². The fourth-order valence-electron chi connectivity index (χ4n) is 2.53. The number of aliphatic hydroxyl groups excluding tert-OH is 1. The SMILES string of the molecule is COc1ccc(N=Nc2cc(OC)c(OC)c(OC)c2)c(OCCO)c1C. The summed E-state index contributed by atoms with van der Waals surface area (Å²) in [5.74, 6) is 2.60. The molecule has 0 saturated carbocycles. The molecule has 146 valence electrons. The Balaban J connectivity index is 2.44. The Morgan fingerprint density at radius 3 is 1.96 bits per heavy atom. The summed E-state index contributed by atoms with van der Waals surface area (Å²) >= 11 is 0. The highest BCUT2D eigenvalue weighted by atomic mass is 16.5. The number of ether oxygens (including phenoxy) is 5. The van der Waals surface area contributed by atoms with Gasteiger partial charge in [0, 0.05) is 17.7 Å². The standard InChI is InChI=1S/C19H24N2O6/c1-12-15(23-2)7-6-14(18(12)27-9-8-22)21-20-13-10-16(24-3)19(26-5)17(11-13)25-4/h6-7,10-11,22H,8-9H2,1-5H3. The van der Waals surface area contributed by atoms with Crippen LogP contribution in [-0.4, -0.2) is 46.8 Å². The number of hydrogen-bond acceptors (Lipinski definition) is 8. The number of methoxy groups -OCH3 is 4. The number of benzene rings is 2. The molecular formula is C19H24N2O6. The summed E-state index contributed by atoms with van der Waals surface area (Å²) in [5.41, 5.74) is 1.80. The fraction of sp³-hybridized carbons (Fsp3) is 0.368. The topological polar surface area (TPSA) is 91.1 Å². The van der Waals surface area contributed by atoms with Gasteiger partial charge >= 0.3 is 0 Å². The second kappa shape index (κ2) is 9.63. The molecule has 0 aliphatic carbocycles. The van der Waals surface area contributed by atoms with Crippen LogP contribution in [0.1, 0.15) is 5.56 Å². The van der Waals surface area contributed by atoms with Crippen molar-refractivity contribution in [3.05, 3.63) is 29.8 Å². The molecule has 8 nitrogen and oxygen atoms in total. The Labute approximate surface area is 158 Å². The molecule has 2 aromatic carbocycles. The Morgan fingerprint density at radius 1 is 0.815 bits per heavy atom. The Hall–Kier alpha value is -3.00. The lowest BCUT2D eigenvalue weighted by Crippen LogP contribution is -2.03. The van der Waals surface area contributed by atoms with Crippen molar-refractivity contribution in [2.24, 2.45) is 10.2 Å². The van der Waals surface area contributed by atoms with Crippen molar-refractivity contribution in [1.29, 1.82) is 0 Å². The van der Waals surface area contributed by atoms with E-state index in [4.69, 9.17) is 28.8 Å². The molecule has 0 atom stereocenters. The van der Waals surface area contributed by atoms with Crippen LogP contribution in [0.4, 0.5) is 11.4 Å². The lowest BCUT2D eigenvalue weighted by Gasteiger charge is -2.14. The van der Waals surface area contributed by atoms with Gasteiger partial charge in [-0.2, -0.15) is 5.11 Å². The molecule has 2 rings (SSSR count). The van der Waals surface area contributed by atoms with E-state index in [9.17, 15) is 0 Å². The molecule has 0 aromatic heterocycles.